The van der Waals surface area contributed by atoms with Crippen LogP contribution >= 0.6 is 0 Å². The molecule has 0 aromatic carbocycles. The quantitative estimate of drug-likeness (QED) is 0.456. The molecule has 2 nitrogen and oxygen atoms in total. The first kappa shape index (κ1) is 9.82. The standard InChI is InChI=1S/C9H14O2/c1-5-9(11-4)7-6-8(2)10-3/h5-7H,2H2,1,3-4H3/b7-6-,9-5+. The van der Waals surface area contributed by atoms with Gasteiger partial charge >= 0.3 is 0 Å². The highest BCUT2D eigenvalue weighted by atomic mass is 16.5. The fourth-order valence-electron chi connectivity index (χ4n) is 0.525. The summed E-state index contributed by atoms with van der Waals surface area (Å²) in [5.41, 5.74) is 0. The number of hydrogen-bond acceptors (Lipinski definition) is 2. The Kier molecular flexibility index (Phi) is 4.99. The van der Waals surface area contributed by atoms with Crippen molar-refractivity contribution in [1.82, 2.24) is 0 Å². The Balaban J connectivity index is 4.00. The van der Waals surface area contributed by atoms with Gasteiger partial charge in [0.2, 0.25) is 0 Å². The van der Waals surface area contributed by atoms with Gasteiger partial charge in [-0.25, -0.2) is 0 Å². The van der Waals surface area contributed by atoms with Crippen molar-refractivity contribution in [2.45, 2.75) is 6.92 Å². The van der Waals surface area contributed by atoms with Gasteiger partial charge in [0.05, 0.1) is 14.2 Å². The summed E-state index contributed by atoms with van der Waals surface area (Å²) in [5.74, 6) is 1.41. The molecule has 0 rings (SSSR count). The van der Waals surface area contributed by atoms with Crippen LogP contribution in [0.1, 0.15) is 6.92 Å². The molecule has 0 bridgehead atoms. The van der Waals surface area contributed by atoms with Crippen molar-refractivity contribution in [3.63, 3.8) is 0 Å². The fraction of sp³-hybridized carbons (Fsp3) is 0.333. The minimum absolute atomic E-state index is 0.612. The van der Waals surface area contributed by atoms with Crippen LogP contribution in [0, 0.1) is 0 Å². The third-order valence-corrected chi connectivity index (χ3v) is 1.22. The van der Waals surface area contributed by atoms with E-state index in [-0.39, 0.29) is 0 Å². The third-order valence-electron chi connectivity index (χ3n) is 1.22. The monoisotopic (exact) mass is 154 g/mol. The van der Waals surface area contributed by atoms with E-state index in [0.29, 0.717) is 5.76 Å². The lowest BCUT2D eigenvalue weighted by Gasteiger charge is -1.98. The molecular weight excluding hydrogens is 140 g/mol. The number of allylic oxidation sites excluding steroid dienone is 3. The molecule has 0 fully saturated rings. The van der Waals surface area contributed by atoms with Gasteiger partial charge in [0.1, 0.15) is 11.5 Å². The topological polar surface area (TPSA) is 18.5 Å². The van der Waals surface area contributed by atoms with Crippen LogP contribution in [0.3, 0.4) is 0 Å². The van der Waals surface area contributed by atoms with E-state index in [4.69, 9.17) is 9.47 Å². The van der Waals surface area contributed by atoms with Gasteiger partial charge < -0.3 is 9.47 Å². The lowest BCUT2D eigenvalue weighted by atomic mass is 10.4. The average molecular weight is 154 g/mol. The second-order valence-corrected chi connectivity index (χ2v) is 1.90. The molecule has 62 valence electrons. The first-order chi connectivity index (χ1) is 5.24. The Labute approximate surface area is 67.8 Å². The average Bonchev–Trinajstić information content (AvgIpc) is 2.06. The first-order valence-electron chi connectivity index (χ1n) is 3.36. The molecule has 0 heterocycles. The van der Waals surface area contributed by atoms with Crippen molar-refractivity contribution in [3.05, 3.63) is 36.3 Å². The molecule has 0 aliphatic heterocycles. The maximum Gasteiger partial charge on any atom is 0.114 e. The molecule has 11 heavy (non-hydrogen) atoms. The molecule has 2 heteroatoms. The number of rotatable bonds is 4. The second-order valence-electron chi connectivity index (χ2n) is 1.90. The molecule has 0 aliphatic rings. The summed E-state index contributed by atoms with van der Waals surface area (Å²) in [4.78, 5) is 0. The summed E-state index contributed by atoms with van der Waals surface area (Å²) < 4.78 is 9.80. The molecular formula is C9H14O2. The van der Waals surface area contributed by atoms with Crippen molar-refractivity contribution in [3.8, 4) is 0 Å². The Morgan fingerprint density at radius 2 is 1.82 bits per heavy atom. The van der Waals surface area contributed by atoms with Gasteiger partial charge in [-0.15, -0.1) is 0 Å². The lowest BCUT2D eigenvalue weighted by Crippen LogP contribution is -1.82. The Bertz CT molecular complexity index is 178. The van der Waals surface area contributed by atoms with Crippen LogP contribution < -0.4 is 0 Å². The largest absolute Gasteiger partial charge is 0.497 e. The van der Waals surface area contributed by atoms with Gasteiger partial charge in [0, 0.05) is 0 Å². The molecule has 0 N–H and O–H groups in total. The number of methoxy groups -OCH3 is 2. The molecule has 0 unspecified atom stereocenters. The number of ether oxygens (including phenoxy) is 2. The van der Waals surface area contributed by atoms with Gasteiger partial charge in [0.15, 0.2) is 0 Å². The summed E-state index contributed by atoms with van der Waals surface area (Å²) in [6.45, 7) is 5.52. The second kappa shape index (κ2) is 5.59. The van der Waals surface area contributed by atoms with Crippen LogP contribution in [0.2, 0.25) is 0 Å². The van der Waals surface area contributed by atoms with E-state index in [1.807, 2.05) is 13.0 Å². The SMILES string of the molecule is C=C(/C=C\C(=C/C)OC)OC. The van der Waals surface area contributed by atoms with Crippen molar-refractivity contribution in [2.24, 2.45) is 0 Å². The zero-order valence-corrected chi connectivity index (χ0v) is 7.26. The molecule has 0 aromatic heterocycles. The predicted octanol–water partition coefficient (Wildman–Crippen LogP) is 2.25. The molecule has 0 saturated heterocycles. The summed E-state index contributed by atoms with van der Waals surface area (Å²) in [7, 11) is 3.20. The zero-order valence-electron chi connectivity index (χ0n) is 7.26. The molecule has 0 atom stereocenters. The Morgan fingerprint density at radius 1 is 1.18 bits per heavy atom. The van der Waals surface area contributed by atoms with E-state index in [2.05, 4.69) is 6.58 Å². The van der Waals surface area contributed by atoms with E-state index in [1.54, 1.807) is 26.4 Å². The normalized spacial score (nSPS) is 11.7. The molecule has 0 saturated carbocycles. The van der Waals surface area contributed by atoms with Crippen LogP contribution in [0.15, 0.2) is 36.3 Å². The van der Waals surface area contributed by atoms with Gasteiger partial charge in [0.25, 0.3) is 0 Å². The van der Waals surface area contributed by atoms with E-state index >= 15 is 0 Å². The highest BCUT2D eigenvalue weighted by Crippen LogP contribution is 2.00. The van der Waals surface area contributed by atoms with Crippen molar-refractivity contribution in [1.29, 1.82) is 0 Å². The van der Waals surface area contributed by atoms with Gasteiger partial charge in [-0.1, -0.05) is 6.58 Å². The highest BCUT2D eigenvalue weighted by Gasteiger charge is 1.86. The van der Waals surface area contributed by atoms with Crippen LogP contribution in [-0.4, -0.2) is 14.2 Å². The Morgan fingerprint density at radius 3 is 2.18 bits per heavy atom. The van der Waals surface area contributed by atoms with Crippen LogP contribution in [-0.2, 0) is 9.47 Å². The van der Waals surface area contributed by atoms with E-state index in [0.717, 1.165) is 5.76 Å². The van der Waals surface area contributed by atoms with E-state index in [9.17, 15) is 0 Å². The van der Waals surface area contributed by atoms with E-state index < -0.39 is 0 Å². The molecule has 0 spiro atoms. The minimum atomic E-state index is 0.612. The van der Waals surface area contributed by atoms with Crippen molar-refractivity contribution < 1.29 is 9.47 Å². The predicted molar refractivity (Wildman–Crippen MR) is 46.1 cm³/mol. The van der Waals surface area contributed by atoms with Crippen LogP contribution in [0.5, 0.6) is 0 Å². The first-order valence-corrected chi connectivity index (χ1v) is 3.36. The summed E-state index contributed by atoms with van der Waals surface area (Å²) in [6, 6.07) is 0. The van der Waals surface area contributed by atoms with Crippen molar-refractivity contribution >= 4 is 0 Å². The maximum absolute atomic E-state index is 4.97. The lowest BCUT2D eigenvalue weighted by molar-refractivity contribution is 0.300. The van der Waals surface area contributed by atoms with Crippen molar-refractivity contribution in [2.75, 3.05) is 14.2 Å². The molecule has 0 aromatic rings. The zero-order chi connectivity index (χ0) is 8.69. The molecule has 0 radical (unpaired) electrons. The summed E-state index contributed by atoms with van der Waals surface area (Å²) in [6.07, 6.45) is 5.41. The molecule has 0 amide bonds. The van der Waals surface area contributed by atoms with E-state index in [1.165, 1.54) is 0 Å². The highest BCUT2D eigenvalue weighted by molar-refractivity contribution is 5.18. The van der Waals surface area contributed by atoms with Gasteiger partial charge in [-0.3, -0.25) is 0 Å². The van der Waals surface area contributed by atoms with Gasteiger partial charge in [-0.05, 0) is 25.2 Å². The third kappa shape index (κ3) is 4.25. The summed E-state index contributed by atoms with van der Waals surface area (Å²) in [5, 5.41) is 0. The van der Waals surface area contributed by atoms with Crippen LogP contribution in [0.4, 0.5) is 0 Å². The van der Waals surface area contributed by atoms with Gasteiger partial charge in [-0.2, -0.15) is 0 Å². The van der Waals surface area contributed by atoms with Crippen LogP contribution in [0.25, 0.3) is 0 Å². The number of hydrogen-bond donors (Lipinski definition) is 0. The summed E-state index contributed by atoms with van der Waals surface area (Å²) >= 11 is 0. The smallest absolute Gasteiger partial charge is 0.114 e. The molecule has 0 aliphatic carbocycles. The fourth-order valence-corrected chi connectivity index (χ4v) is 0.525. The maximum atomic E-state index is 4.97. The minimum Gasteiger partial charge on any atom is -0.497 e. The Hall–Kier alpha value is -1.18.